The third-order valence-corrected chi connectivity index (χ3v) is 1.72. The Hall–Kier alpha value is -1.10. The van der Waals surface area contributed by atoms with E-state index in [9.17, 15) is 9.59 Å². The number of hydrogen-bond acceptors (Lipinski definition) is 5. The molecule has 0 aliphatic rings. The summed E-state index contributed by atoms with van der Waals surface area (Å²) < 4.78 is 9.16. The van der Waals surface area contributed by atoms with Crippen LogP contribution >= 0.6 is 0 Å². The molecule has 5 nitrogen and oxygen atoms in total. The summed E-state index contributed by atoms with van der Waals surface area (Å²) in [6.07, 6.45) is -0.895. The Morgan fingerprint density at radius 3 is 2.29 bits per heavy atom. The van der Waals surface area contributed by atoms with Crippen LogP contribution in [0.25, 0.3) is 0 Å². The fourth-order valence-electron chi connectivity index (χ4n) is 0.696. The van der Waals surface area contributed by atoms with Crippen molar-refractivity contribution in [3.63, 3.8) is 0 Å². The van der Waals surface area contributed by atoms with Crippen LogP contribution in [0.1, 0.15) is 27.7 Å². The van der Waals surface area contributed by atoms with Gasteiger partial charge in [0.1, 0.15) is 6.04 Å². The van der Waals surface area contributed by atoms with E-state index >= 15 is 0 Å². The van der Waals surface area contributed by atoms with Crippen LogP contribution in [0, 0.1) is 5.41 Å². The first kappa shape index (κ1) is 12.9. The first-order valence-corrected chi connectivity index (χ1v) is 4.34. The SMILES string of the molecule is CC(OC=O)OC(=O)C(N)C(C)(C)C. The number of ether oxygens (including phenoxy) is 2. The Balaban J connectivity index is 4.15. The highest BCUT2D eigenvalue weighted by Gasteiger charge is 2.29. The molecule has 0 aromatic rings. The standard InChI is InChI=1S/C9H17NO4/c1-6(13-5-11)14-8(12)7(10)9(2,3)4/h5-7H,10H2,1-4H3. The van der Waals surface area contributed by atoms with Gasteiger partial charge in [-0.2, -0.15) is 0 Å². The zero-order valence-electron chi connectivity index (χ0n) is 8.94. The molecule has 0 aliphatic heterocycles. The van der Waals surface area contributed by atoms with Gasteiger partial charge in [0, 0.05) is 6.92 Å². The van der Waals surface area contributed by atoms with Crippen molar-refractivity contribution in [3.8, 4) is 0 Å². The number of carbonyl (C=O) groups excluding carboxylic acids is 2. The third-order valence-electron chi connectivity index (χ3n) is 1.72. The minimum Gasteiger partial charge on any atom is -0.428 e. The Morgan fingerprint density at radius 2 is 1.93 bits per heavy atom. The van der Waals surface area contributed by atoms with Crippen LogP contribution in [0.2, 0.25) is 0 Å². The molecule has 82 valence electrons. The van der Waals surface area contributed by atoms with Gasteiger partial charge in [0.15, 0.2) is 0 Å². The zero-order valence-corrected chi connectivity index (χ0v) is 8.94. The topological polar surface area (TPSA) is 78.6 Å². The summed E-state index contributed by atoms with van der Waals surface area (Å²) in [5.74, 6) is -0.577. The Morgan fingerprint density at radius 1 is 1.43 bits per heavy atom. The summed E-state index contributed by atoms with van der Waals surface area (Å²) >= 11 is 0. The maximum absolute atomic E-state index is 11.3. The fourth-order valence-corrected chi connectivity index (χ4v) is 0.696. The third kappa shape index (κ3) is 4.23. The van der Waals surface area contributed by atoms with E-state index < -0.39 is 18.3 Å². The van der Waals surface area contributed by atoms with Gasteiger partial charge in [-0.15, -0.1) is 0 Å². The molecule has 2 unspecified atom stereocenters. The zero-order chi connectivity index (χ0) is 11.4. The Labute approximate surface area is 83.5 Å². The van der Waals surface area contributed by atoms with E-state index in [1.54, 1.807) is 0 Å². The molecule has 0 aliphatic carbocycles. The van der Waals surface area contributed by atoms with E-state index in [1.165, 1.54) is 6.92 Å². The summed E-state index contributed by atoms with van der Waals surface area (Å²) in [5, 5.41) is 0. The Kier molecular flexibility index (Phi) is 4.56. The van der Waals surface area contributed by atoms with Gasteiger partial charge in [-0.05, 0) is 5.41 Å². The van der Waals surface area contributed by atoms with Crippen LogP contribution in [0.5, 0.6) is 0 Å². The van der Waals surface area contributed by atoms with Crippen molar-refractivity contribution >= 4 is 12.4 Å². The maximum Gasteiger partial charge on any atom is 0.326 e. The van der Waals surface area contributed by atoms with E-state index in [0.717, 1.165) is 0 Å². The molecule has 0 aromatic heterocycles. The molecular formula is C9H17NO4. The number of esters is 1. The lowest BCUT2D eigenvalue weighted by atomic mass is 9.87. The molecule has 5 heteroatoms. The van der Waals surface area contributed by atoms with Gasteiger partial charge in [0.05, 0.1) is 0 Å². The summed E-state index contributed by atoms with van der Waals surface area (Å²) in [6, 6.07) is -0.736. The number of rotatable bonds is 4. The monoisotopic (exact) mass is 203 g/mol. The molecular weight excluding hydrogens is 186 g/mol. The highest BCUT2D eigenvalue weighted by Crippen LogP contribution is 2.18. The highest BCUT2D eigenvalue weighted by molar-refractivity contribution is 5.76. The van der Waals surface area contributed by atoms with Gasteiger partial charge in [-0.25, -0.2) is 0 Å². The molecule has 0 saturated heterocycles. The van der Waals surface area contributed by atoms with E-state index in [1.807, 2.05) is 20.8 Å². The molecule has 0 saturated carbocycles. The number of hydrogen-bond donors (Lipinski definition) is 1. The van der Waals surface area contributed by atoms with Crippen LogP contribution in [0.15, 0.2) is 0 Å². The molecule has 0 radical (unpaired) electrons. The van der Waals surface area contributed by atoms with E-state index in [-0.39, 0.29) is 11.9 Å². The summed E-state index contributed by atoms with van der Waals surface area (Å²) in [5.41, 5.74) is 5.24. The van der Waals surface area contributed by atoms with Crippen LogP contribution < -0.4 is 5.73 Å². The van der Waals surface area contributed by atoms with Crippen LogP contribution in [0.3, 0.4) is 0 Å². The van der Waals surface area contributed by atoms with Gasteiger partial charge in [0.25, 0.3) is 6.47 Å². The van der Waals surface area contributed by atoms with Crippen LogP contribution in [-0.2, 0) is 19.1 Å². The minimum absolute atomic E-state index is 0.223. The fraction of sp³-hybridized carbons (Fsp3) is 0.778. The van der Waals surface area contributed by atoms with Crippen molar-refractivity contribution in [1.29, 1.82) is 0 Å². The van der Waals surface area contributed by atoms with E-state index in [4.69, 9.17) is 10.5 Å². The minimum atomic E-state index is -0.895. The molecule has 0 rings (SSSR count). The lowest BCUT2D eigenvalue weighted by molar-refractivity contribution is -0.179. The predicted molar refractivity (Wildman–Crippen MR) is 50.1 cm³/mol. The predicted octanol–water partition coefficient (Wildman–Crippen LogP) is 0.422. The van der Waals surface area contributed by atoms with Crippen molar-refractivity contribution in [2.75, 3.05) is 0 Å². The Bertz CT molecular complexity index is 209. The highest BCUT2D eigenvalue weighted by atomic mass is 16.7. The largest absolute Gasteiger partial charge is 0.428 e. The molecule has 2 atom stereocenters. The van der Waals surface area contributed by atoms with Crippen LogP contribution in [0.4, 0.5) is 0 Å². The van der Waals surface area contributed by atoms with Crippen molar-refractivity contribution in [2.24, 2.45) is 11.1 Å². The summed E-state index contributed by atoms with van der Waals surface area (Å²) in [7, 11) is 0. The van der Waals surface area contributed by atoms with E-state index in [0.29, 0.717) is 0 Å². The second-order valence-corrected chi connectivity index (χ2v) is 4.08. The molecule has 0 aromatic carbocycles. The molecule has 0 heterocycles. The summed E-state index contributed by atoms with van der Waals surface area (Å²) in [4.78, 5) is 21.3. The molecule has 14 heavy (non-hydrogen) atoms. The average Bonchev–Trinajstić information content (AvgIpc) is 2.01. The van der Waals surface area contributed by atoms with Gasteiger partial charge in [-0.1, -0.05) is 20.8 Å². The molecule has 0 amide bonds. The van der Waals surface area contributed by atoms with Gasteiger partial charge in [-0.3, -0.25) is 9.59 Å². The van der Waals surface area contributed by atoms with Crippen molar-refractivity contribution in [3.05, 3.63) is 0 Å². The second kappa shape index (κ2) is 4.95. The van der Waals surface area contributed by atoms with Crippen molar-refractivity contribution < 1.29 is 19.1 Å². The number of nitrogens with two attached hydrogens (primary N) is 1. The first-order chi connectivity index (χ1) is 6.29. The molecule has 2 N–H and O–H groups in total. The lowest BCUT2D eigenvalue weighted by Gasteiger charge is -2.25. The second-order valence-electron chi connectivity index (χ2n) is 4.08. The lowest BCUT2D eigenvalue weighted by Crippen LogP contribution is -2.44. The normalized spacial score (nSPS) is 15.5. The van der Waals surface area contributed by atoms with Crippen LogP contribution in [-0.4, -0.2) is 24.8 Å². The van der Waals surface area contributed by atoms with Gasteiger partial charge in [0.2, 0.25) is 6.29 Å². The van der Waals surface area contributed by atoms with Crippen molar-refractivity contribution in [1.82, 2.24) is 0 Å². The summed E-state index contributed by atoms with van der Waals surface area (Å²) in [6.45, 7) is 7.14. The molecule has 0 fully saturated rings. The maximum atomic E-state index is 11.3. The molecule has 0 spiro atoms. The van der Waals surface area contributed by atoms with Gasteiger partial charge < -0.3 is 15.2 Å². The van der Waals surface area contributed by atoms with Crippen molar-refractivity contribution in [2.45, 2.75) is 40.0 Å². The molecule has 0 bridgehead atoms. The smallest absolute Gasteiger partial charge is 0.326 e. The van der Waals surface area contributed by atoms with E-state index in [2.05, 4.69) is 4.74 Å². The quantitative estimate of drug-likeness (QED) is 0.407. The number of carbonyl (C=O) groups is 2. The average molecular weight is 203 g/mol. The van der Waals surface area contributed by atoms with Gasteiger partial charge >= 0.3 is 5.97 Å². The first-order valence-electron chi connectivity index (χ1n) is 4.34.